The van der Waals surface area contributed by atoms with Crippen LogP contribution in [-0.2, 0) is 16.0 Å². The molecule has 1 aromatic rings. The number of esters is 1. The SMILES string of the molecule is COc1ccc(CC(=O)O[C@H]2CCC[NH+](C)C2)cc1. The molecule has 0 bridgehead atoms. The Morgan fingerprint density at radius 3 is 2.74 bits per heavy atom. The Balaban J connectivity index is 1.83. The van der Waals surface area contributed by atoms with Gasteiger partial charge in [-0.05, 0) is 24.1 Å². The van der Waals surface area contributed by atoms with Crippen molar-refractivity contribution in [1.29, 1.82) is 0 Å². The second-order valence-electron chi connectivity index (χ2n) is 5.19. The topological polar surface area (TPSA) is 40.0 Å². The molecular formula is C15H22NO3+. The lowest BCUT2D eigenvalue weighted by atomic mass is 10.1. The minimum Gasteiger partial charge on any atom is -0.497 e. The molecule has 19 heavy (non-hydrogen) atoms. The number of likely N-dealkylation sites (N-methyl/N-ethyl adjacent to an activating group) is 1. The normalized spacial score (nSPS) is 22.8. The molecule has 0 aliphatic carbocycles. The van der Waals surface area contributed by atoms with Gasteiger partial charge in [-0.2, -0.15) is 0 Å². The van der Waals surface area contributed by atoms with E-state index in [1.54, 1.807) is 7.11 Å². The van der Waals surface area contributed by atoms with E-state index in [0.717, 1.165) is 30.7 Å². The number of quaternary nitrogens is 1. The van der Waals surface area contributed by atoms with Gasteiger partial charge in [0.25, 0.3) is 0 Å². The van der Waals surface area contributed by atoms with Crippen molar-refractivity contribution in [3.8, 4) is 5.75 Å². The first-order chi connectivity index (χ1) is 9.17. The van der Waals surface area contributed by atoms with Gasteiger partial charge in [0.1, 0.15) is 12.3 Å². The summed E-state index contributed by atoms with van der Waals surface area (Å²) in [7, 11) is 3.77. The Morgan fingerprint density at radius 2 is 2.11 bits per heavy atom. The van der Waals surface area contributed by atoms with Crippen LogP contribution in [0, 0.1) is 0 Å². The zero-order chi connectivity index (χ0) is 13.7. The van der Waals surface area contributed by atoms with E-state index in [1.807, 2.05) is 24.3 Å². The molecular weight excluding hydrogens is 242 g/mol. The molecule has 1 unspecified atom stereocenters. The Hall–Kier alpha value is -1.55. The van der Waals surface area contributed by atoms with Crippen LogP contribution < -0.4 is 9.64 Å². The summed E-state index contributed by atoms with van der Waals surface area (Å²) >= 11 is 0. The highest BCUT2D eigenvalue weighted by atomic mass is 16.5. The van der Waals surface area contributed by atoms with Crippen LogP contribution in [0.4, 0.5) is 0 Å². The van der Waals surface area contributed by atoms with E-state index in [2.05, 4.69) is 7.05 Å². The summed E-state index contributed by atoms with van der Waals surface area (Å²) in [5, 5.41) is 0. The third-order valence-electron chi connectivity index (χ3n) is 3.51. The van der Waals surface area contributed by atoms with Gasteiger partial charge in [0.05, 0.1) is 27.1 Å². The van der Waals surface area contributed by atoms with E-state index < -0.39 is 0 Å². The maximum absolute atomic E-state index is 11.9. The van der Waals surface area contributed by atoms with Gasteiger partial charge in [-0.25, -0.2) is 0 Å². The zero-order valence-electron chi connectivity index (χ0n) is 11.6. The number of hydrogen-bond acceptors (Lipinski definition) is 3. The molecule has 2 rings (SSSR count). The molecule has 2 atom stereocenters. The molecule has 0 amide bonds. The van der Waals surface area contributed by atoms with E-state index in [9.17, 15) is 4.79 Å². The highest BCUT2D eigenvalue weighted by Gasteiger charge is 2.23. The molecule has 0 spiro atoms. The lowest BCUT2D eigenvalue weighted by Gasteiger charge is -2.26. The van der Waals surface area contributed by atoms with Crippen molar-refractivity contribution in [2.24, 2.45) is 0 Å². The van der Waals surface area contributed by atoms with Crippen LogP contribution in [0.2, 0.25) is 0 Å². The average molecular weight is 264 g/mol. The molecule has 1 aromatic carbocycles. The van der Waals surface area contributed by atoms with E-state index >= 15 is 0 Å². The molecule has 1 heterocycles. The fourth-order valence-corrected chi connectivity index (χ4v) is 2.46. The molecule has 4 heteroatoms. The quantitative estimate of drug-likeness (QED) is 0.803. The lowest BCUT2D eigenvalue weighted by molar-refractivity contribution is -0.888. The van der Waals surface area contributed by atoms with Gasteiger partial charge >= 0.3 is 5.97 Å². The molecule has 0 aromatic heterocycles. The fourth-order valence-electron chi connectivity index (χ4n) is 2.46. The van der Waals surface area contributed by atoms with Crippen LogP contribution in [0.3, 0.4) is 0 Å². The summed E-state index contributed by atoms with van der Waals surface area (Å²) < 4.78 is 10.6. The van der Waals surface area contributed by atoms with E-state index in [0.29, 0.717) is 6.42 Å². The predicted molar refractivity (Wildman–Crippen MR) is 72.4 cm³/mol. The number of rotatable bonds is 4. The predicted octanol–water partition coefficient (Wildman–Crippen LogP) is 0.458. The van der Waals surface area contributed by atoms with Gasteiger partial charge in [-0.3, -0.25) is 4.79 Å². The van der Waals surface area contributed by atoms with Gasteiger partial charge in [0.15, 0.2) is 6.10 Å². The number of hydrogen-bond donors (Lipinski definition) is 1. The van der Waals surface area contributed by atoms with Crippen LogP contribution in [0.25, 0.3) is 0 Å². The van der Waals surface area contributed by atoms with Gasteiger partial charge in [0, 0.05) is 6.42 Å². The Kier molecular flexibility index (Phi) is 4.80. The van der Waals surface area contributed by atoms with Crippen LogP contribution in [-0.4, -0.2) is 39.3 Å². The monoisotopic (exact) mass is 264 g/mol. The number of ether oxygens (including phenoxy) is 2. The number of methoxy groups -OCH3 is 1. The zero-order valence-corrected chi connectivity index (χ0v) is 11.6. The van der Waals surface area contributed by atoms with E-state index in [-0.39, 0.29) is 12.1 Å². The molecule has 1 N–H and O–H groups in total. The summed E-state index contributed by atoms with van der Waals surface area (Å²) in [6.07, 6.45) is 2.54. The molecule has 1 saturated heterocycles. The molecule has 0 saturated carbocycles. The smallest absolute Gasteiger partial charge is 0.310 e. The van der Waals surface area contributed by atoms with Crippen LogP contribution >= 0.6 is 0 Å². The van der Waals surface area contributed by atoms with Gasteiger partial charge in [-0.1, -0.05) is 12.1 Å². The van der Waals surface area contributed by atoms with Gasteiger partial charge < -0.3 is 14.4 Å². The van der Waals surface area contributed by atoms with Crippen LogP contribution in [0.1, 0.15) is 18.4 Å². The summed E-state index contributed by atoms with van der Waals surface area (Å²) in [5.74, 6) is 0.666. The molecule has 1 fully saturated rings. The Bertz CT molecular complexity index is 416. The summed E-state index contributed by atoms with van der Waals surface area (Å²) in [6.45, 7) is 2.10. The third-order valence-corrected chi connectivity index (χ3v) is 3.51. The first-order valence-electron chi connectivity index (χ1n) is 6.81. The minimum absolute atomic E-state index is 0.0829. The van der Waals surface area contributed by atoms with Crippen molar-refractivity contribution in [2.75, 3.05) is 27.2 Å². The largest absolute Gasteiger partial charge is 0.497 e. The van der Waals surface area contributed by atoms with Crippen LogP contribution in [0.15, 0.2) is 24.3 Å². The number of benzene rings is 1. The molecule has 104 valence electrons. The fraction of sp³-hybridized carbons (Fsp3) is 0.533. The number of likely N-dealkylation sites (tertiary alicyclic amines) is 1. The second kappa shape index (κ2) is 6.57. The number of nitrogens with one attached hydrogen (secondary N) is 1. The minimum atomic E-state index is -0.134. The van der Waals surface area contributed by atoms with Crippen molar-refractivity contribution in [2.45, 2.75) is 25.4 Å². The summed E-state index contributed by atoms with van der Waals surface area (Å²) in [5.41, 5.74) is 0.960. The maximum Gasteiger partial charge on any atom is 0.310 e. The van der Waals surface area contributed by atoms with Crippen molar-refractivity contribution >= 4 is 5.97 Å². The Morgan fingerprint density at radius 1 is 1.37 bits per heavy atom. The number of piperidine rings is 1. The molecule has 1 aliphatic heterocycles. The number of carbonyl (C=O) groups is 1. The lowest BCUT2D eigenvalue weighted by Crippen LogP contribution is -3.11. The highest BCUT2D eigenvalue weighted by molar-refractivity contribution is 5.72. The molecule has 4 nitrogen and oxygen atoms in total. The summed E-state index contributed by atoms with van der Waals surface area (Å²) in [6, 6.07) is 7.53. The number of carbonyl (C=O) groups excluding carboxylic acids is 1. The van der Waals surface area contributed by atoms with Gasteiger partial charge in [-0.15, -0.1) is 0 Å². The first kappa shape index (κ1) is 13.9. The highest BCUT2D eigenvalue weighted by Crippen LogP contribution is 2.13. The van der Waals surface area contributed by atoms with Crippen LogP contribution in [0.5, 0.6) is 5.75 Å². The Labute approximate surface area is 114 Å². The van der Waals surface area contributed by atoms with Crippen molar-refractivity contribution < 1.29 is 19.2 Å². The second-order valence-corrected chi connectivity index (χ2v) is 5.19. The average Bonchev–Trinajstić information content (AvgIpc) is 2.39. The van der Waals surface area contributed by atoms with Crippen molar-refractivity contribution in [1.82, 2.24) is 0 Å². The van der Waals surface area contributed by atoms with Gasteiger partial charge in [0.2, 0.25) is 0 Å². The van der Waals surface area contributed by atoms with Crippen molar-refractivity contribution in [3.63, 3.8) is 0 Å². The third kappa shape index (κ3) is 4.24. The van der Waals surface area contributed by atoms with E-state index in [1.165, 1.54) is 11.4 Å². The molecule has 0 radical (unpaired) electrons. The standard InChI is InChI=1S/C15H21NO3/c1-16-9-3-4-14(11-16)19-15(17)10-12-5-7-13(18-2)8-6-12/h5-8,14H,3-4,9-11H2,1-2H3/p+1/t14-/m0/s1. The maximum atomic E-state index is 11.9. The first-order valence-corrected chi connectivity index (χ1v) is 6.81. The summed E-state index contributed by atoms with van der Waals surface area (Å²) in [4.78, 5) is 13.3. The molecule has 1 aliphatic rings. The van der Waals surface area contributed by atoms with E-state index in [4.69, 9.17) is 9.47 Å². The van der Waals surface area contributed by atoms with Crippen molar-refractivity contribution in [3.05, 3.63) is 29.8 Å².